The average Bonchev–Trinajstić information content (AvgIpc) is 2.42. The first-order valence-corrected chi connectivity index (χ1v) is 6.49. The lowest BCUT2D eigenvalue weighted by atomic mass is 9.99. The highest BCUT2D eigenvalue weighted by molar-refractivity contribution is 5.33. The molecule has 2 nitrogen and oxygen atoms in total. The van der Waals surface area contributed by atoms with E-state index in [-0.39, 0.29) is 5.75 Å². The van der Waals surface area contributed by atoms with E-state index in [9.17, 15) is 9.50 Å². The van der Waals surface area contributed by atoms with Crippen LogP contribution < -0.4 is 0 Å². The number of hydrogen-bond donors (Lipinski definition) is 1. The average molecular weight is 257 g/mol. The van der Waals surface area contributed by atoms with Gasteiger partial charge in [0, 0.05) is 31.3 Å². The van der Waals surface area contributed by atoms with Crippen LogP contribution in [-0.4, -0.2) is 16.6 Å². The number of phenols is 1. The summed E-state index contributed by atoms with van der Waals surface area (Å²) in [7, 11) is 0. The van der Waals surface area contributed by atoms with Crippen molar-refractivity contribution in [1.29, 1.82) is 0 Å². The van der Waals surface area contributed by atoms with Crippen molar-refractivity contribution in [2.75, 3.05) is 6.54 Å². The minimum atomic E-state index is -0.398. The fourth-order valence-corrected chi connectivity index (χ4v) is 2.60. The molecule has 1 aliphatic heterocycles. The third-order valence-electron chi connectivity index (χ3n) is 3.65. The predicted molar refractivity (Wildman–Crippen MR) is 72.3 cm³/mol. The minimum absolute atomic E-state index is 0.0406. The van der Waals surface area contributed by atoms with Gasteiger partial charge in [-0.25, -0.2) is 4.39 Å². The molecular formula is C16H16FNO. The minimum Gasteiger partial charge on any atom is -0.508 e. The molecule has 2 aromatic rings. The molecule has 0 atom stereocenters. The Hall–Kier alpha value is -1.87. The summed E-state index contributed by atoms with van der Waals surface area (Å²) in [6.45, 7) is 2.50. The number of nitrogens with zero attached hydrogens (tertiary/aromatic N) is 1. The van der Waals surface area contributed by atoms with E-state index < -0.39 is 5.82 Å². The van der Waals surface area contributed by atoms with Gasteiger partial charge >= 0.3 is 0 Å². The summed E-state index contributed by atoms with van der Waals surface area (Å²) in [5, 5.41) is 9.75. The molecule has 3 heteroatoms. The van der Waals surface area contributed by atoms with Crippen LogP contribution in [0, 0.1) is 5.82 Å². The maximum absolute atomic E-state index is 12.9. The third kappa shape index (κ3) is 2.61. The summed E-state index contributed by atoms with van der Waals surface area (Å²) in [6.07, 6.45) is 1.03. The maximum atomic E-state index is 12.9. The van der Waals surface area contributed by atoms with Crippen LogP contribution >= 0.6 is 0 Å². The van der Waals surface area contributed by atoms with Crippen LogP contribution in [0.4, 0.5) is 4.39 Å². The van der Waals surface area contributed by atoms with E-state index in [4.69, 9.17) is 0 Å². The van der Waals surface area contributed by atoms with E-state index in [2.05, 4.69) is 29.2 Å². The van der Waals surface area contributed by atoms with Gasteiger partial charge in [0.15, 0.2) is 0 Å². The van der Waals surface area contributed by atoms with E-state index >= 15 is 0 Å². The zero-order chi connectivity index (χ0) is 13.2. The number of hydrogen-bond acceptors (Lipinski definition) is 2. The summed E-state index contributed by atoms with van der Waals surface area (Å²) < 4.78 is 12.9. The molecule has 0 saturated carbocycles. The molecule has 0 unspecified atom stereocenters. The molecule has 0 aromatic heterocycles. The highest BCUT2D eigenvalue weighted by atomic mass is 19.1. The molecule has 19 heavy (non-hydrogen) atoms. The number of benzene rings is 2. The largest absolute Gasteiger partial charge is 0.508 e. The molecule has 0 aliphatic carbocycles. The van der Waals surface area contributed by atoms with Gasteiger partial charge in [0.2, 0.25) is 0 Å². The number of halogens is 1. The lowest BCUT2D eigenvalue weighted by Gasteiger charge is -2.28. The molecule has 0 spiro atoms. The Morgan fingerprint density at radius 3 is 2.68 bits per heavy atom. The fourth-order valence-electron chi connectivity index (χ4n) is 2.60. The van der Waals surface area contributed by atoms with Gasteiger partial charge in [0.25, 0.3) is 0 Å². The van der Waals surface area contributed by atoms with Gasteiger partial charge in [-0.05, 0) is 23.6 Å². The highest BCUT2D eigenvalue weighted by Gasteiger charge is 2.16. The van der Waals surface area contributed by atoms with Gasteiger partial charge in [-0.2, -0.15) is 0 Å². The molecule has 98 valence electrons. The van der Waals surface area contributed by atoms with Crippen molar-refractivity contribution in [3.8, 4) is 5.75 Å². The molecular weight excluding hydrogens is 241 g/mol. The standard InChI is InChI=1S/C16H16FNO/c17-15-6-5-14(16(19)9-15)11-18-8-7-12-3-1-2-4-13(12)10-18/h1-6,9,19H,7-8,10-11H2. The summed E-state index contributed by atoms with van der Waals surface area (Å²) in [4.78, 5) is 2.27. The molecule has 0 fully saturated rings. The molecule has 3 rings (SSSR count). The summed E-state index contributed by atoms with van der Waals surface area (Å²) in [5.41, 5.74) is 3.53. The Kier molecular flexibility index (Phi) is 3.22. The van der Waals surface area contributed by atoms with Gasteiger partial charge < -0.3 is 5.11 Å². The molecule has 2 aromatic carbocycles. The van der Waals surface area contributed by atoms with Crippen LogP contribution in [0.25, 0.3) is 0 Å². The predicted octanol–water partition coefficient (Wildman–Crippen LogP) is 3.09. The number of rotatable bonds is 2. The van der Waals surface area contributed by atoms with Crippen molar-refractivity contribution in [3.05, 3.63) is 65.0 Å². The SMILES string of the molecule is Oc1cc(F)ccc1CN1CCc2ccccc2C1. The van der Waals surface area contributed by atoms with Crippen molar-refractivity contribution in [1.82, 2.24) is 4.90 Å². The fraction of sp³-hybridized carbons (Fsp3) is 0.250. The van der Waals surface area contributed by atoms with Crippen molar-refractivity contribution in [2.24, 2.45) is 0 Å². The topological polar surface area (TPSA) is 23.5 Å². The van der Waals surface area contributed by atoms with Crippen LogP contribution in [0.1, 0.15) is 16.7 Å². The molecule has 0 bridgehead atoms. The Balaban J connectivity index is 1.75. The summed E-state index contributed by atoms with van der Waals surface area (Å²) in [6, 6.07) is 12.7. The van der Waals surface area contributed by atoms with Gasteiger partial charge in [-0.15, -0.1) is 0 Å². The summed E-state index contributed by atoms with van der Waals surface area (Å²) >= 11 is 0. The Morgan fingerprint density at radius 1 is 1.11 bits per heavy atom. The number of phenolic OH excluding ortho intramolecular Hbond substituents is 1. The van der Waals surface area contributed by atoms with Crippen molar-refractivity contribution < 1.29 is 9.50 Å². The maximum Gasteiger partial charge on any atom is 0.126 e. The van der Waals surface area contributed by atoms with Crippen LogP contribution in [0.3, 0.4) is 0 Å². The van der Waals surface area contributed by atoms with E-state index in [1.54, 1.807) is 6.07 Å². The van der Waals surface area contributed by atoms with Gasteiger partial charge in [0.05, 0.1) is 0 Å². The van der Waals surface area contributed by atoms with Crippen LogP contribution in [0.15, 0.2) is 42.5 Å². The molecule has 1 heterocycles. The monoisotopic (exact) mass is 257 g/mol. The molecule has 1 aliphatic rings. The van der Waals surface area contributed by atoms with Gasteiger partial charge in [-0.1, -0.05) is 30.3 Å². The second kappa shape index (κ2) is 5.02. The van der Waals surface area contributed by atoms with Crippen LogP contribution in [0.2, 0.25) is 0 Å². The summed E-state index contributed by atoms with van der Waals surface area (Å²) in [5.74, 6) is -0.357. The molecule has 0 saturated heterocycles. The smallest absolute Gasteiger partial charge is 0.126 e. The molecule has 1 N–H and O–H groups in total. The lowest BCUT2D eigenvalue weighted by Crippen LogP contribution is -2.29. The van der Waals surface area contributed by atoms with E-state index in [1.807, 2.05) is 0 Å². The second-order valence-electron chi connectivity index (χ2n) is 5.00. The lowest BCUT2D eigenvalue weighted by molar-refractivity contribution is 0.242. The van der Waals surface area contributed by atoms with Crippen molar-refractivity contribution in [3.63, 3.8) is 0 Å². The Morgan fingerprint density at radius 2 is 1.89 bits per heavy atom. The quantitative estimate of drug-likeness (QED) is 0.893. The van der Waals surface area contributed by atoms with Crippen LogP contribution in [-0.2, 0) is 19.5 Å². The normalized spacial score (nSPS) is 15.2. The van der Waals surface area contributed by atoms with E-state index in [0.29, 0.717) is 6.54 Å². The number of aromatic hydroxyl groups is 1. The highest BCUT2D eigenvalue weighted by Crippen LogP contribution is 2.24. The third-order valence-corrected chi connectivity index (χ3v) is 3.65. The zero-order valence-corrected chi connectivity index (χ0v) is 10.6. The Labute approximate surface area is 112 Å². The molecule has 0 amide bonds. The van der Waals surface area contributed by atoms with Crippen molar-refractivity contribution in [2.45, 2.75) is 19.5 Å². The van der Waals surface area contributed by atoms with Crippen LogP contribution in [0.5, 0.6) is 5.75 Å². The molecule has 0 radical (unpaired) electrons. The Bertz CT molecular complexity index is 597. The van der Waals surface area contributed by atoms with Gasteiger partial charge in [0.1, 0.15) is 11.6 Å². The first-order valence-electron chi connectivity index (χ1n) is 6.49. The zero-order valence-electron chi connectivity index (χ0n) is 10.6. The first-order chi connectivity index (χ1) is 9.22. The number of fused-ring (bicyclic) bond motifs is 1. The van der Waals surface area contributed by atoms with Crippen molar-refractivity contribution >= 4 is 0 Å². The first kappa shape index (κ1) is 12.2. The van der Waals surface area contributed by atoms with E-state index in [1.165, 1.54) is 23.3 Å². The van der Waals surface area contributed by atoms with Gasteiger partial charge in [-0.3, -0.25) is 4.90 Å². The van der Waals surface area contributed by atoms with E-state index in [0.717, 1.165) is 25.1 Å². The second-order valence-corrected chi connectivity index (χ2v) is 5.00.